The number of carbonyl (C=O) groups is 2. The first-order chi connectivity index (χ1) is 12.6. The SMILES string of the molecule is CCCC(F)(F)c1c(C(=O)O)cnn1C1CCC(C)(C(=O)OCC)CC1C. The van der Waals surface area contributed by atoms with Gasteiger partial charge in [0.2, 0.25) is 0 Å². The van der Waals surface area contributed by atoms with Crippen LogP contribution >= 0.6 is 0 Å². The molecule has 1 fully saturated rings. The van der Waals surface area contributed by atoms with Gasteiger partial charge in [-0.15, -0.1) is 0 Å². The fraction of sp³-hybridized carbons (Fsp3) is 0.737. The largest absolute Gasteiger partial charge is 0.478 e. The summed E-state index contributed by atoms with van der Waals surface area (Å²) in [5, 5.41) is 13.4. The Balaban J connectivity index is 2.37. The molecule has 3 atom stereocenters. The summed E-state index contributed by atoms with van der Waals surface area (Å²) in [5.41, 5.74) is -1.66. The molecule has 1 aromatic heterocycles. The van der Waals surface area contributed by atoms with Crippen LogP contribution in [-0.2, 0) is 15.5 Å². The molecule has 1 saturated carbocycles. The number of carbonyl (C=O) groups excluding carboxylic acids is 1. The van der Waals surface area contributed by atoms with E-state index in [2.05, 4.69) is 5.10 Å². The number of carboxylic acids is 1. The van der Waals surface area contributed by atoms with E-state index in [1.165, 1.54) is 4.68 Å². The Labute approximate surface area is 157 Å². The van der Waals surface area contributed by atoms with Gasteiger partial charge in [-0.3, -0.25) is 9.48 Å². The van der Waals surface area contributed by atoms with Crippen molar-refractivity contribution in [2.75, 3.05) is 6.61 Å². The maximum absolute atomic E-state index is 14.7. The third-order valence-electron chi connectivity index (χ3n) is 5.44. The highest BCUT2D eigenvalue weighted by Gasteiger charge is 2.46. The summed E-state index contributed by atoms with van der Waals surface area (Å²) in [6, 6.07) is -0.390. The summed E-state index contributed by atoms with van der Waals surface area (Å²) < 4.78 is 35.8. The molecule has 27 heavy (non-hydrogen) atoms. The monoisotopic (exact) mass is 386 g/mol. The Kier molecular flexibility index (Phi) is 6.27. The van der Waals surface area contributed by atoms with E-state index in [9.17, 15) is 23.5 Å². The summed E-state index contributed by atoms with van der Waals surface area (Å²) in [4.78, 5) is 23.7. The zero-order chi connectivity index (χ0) is 20.4. The quantitative estimate of drug-likeness (QED) is 0.702. The van der Waals surface area contributed by atoms with Crippen LogP contribution in [0.15, 0.2) is 6.20 Å². The molecule has 0 radical (unpaired) electrons. The Hall–Kier alpha value is -1.99. The topological polar surface area (TPSA) is 81.4 Å². The molecule has 0 aromatic carbocycles. The number of aromatic nitrogens is 2. The highest BCUT2D eigenvalue weighted by molar-refractivity contribution is 5.89. The summed E-state index contributed by atoms with van der Waals surface area (Å²) in [6.45, 7) is 7.38. The summed E-state index contributed by atoms with van der Waals surface area (Å²) in [6.07, 6.45) is 2.18. The number of hydrogen-bond donors (Lipinski definition) is 1. The lowest BCUT2D eigenvalue weighted by atomic mass is 9.69. The van der Waals surface area contributed by atoms with Crippen molar-refractivity contribution in [2.24, 2.45) is 11.3 Å². The van der Waals surface area contributed by atoms with Gasteiger partial charge in [0.15, 0.2) is 0 Å². The smallest absolute Gasteiger partial charge is 0.339 e. The van der Waals surface area contributed by atoms with E-state index < -0.39 is 41.0 Å². The highest BCUT2D eigenvalue weighted by Crippen LogP contribution is 2.47. The molecular weight excluding hydrogens is 358 g/mol. The van der Waals surface area contributed by atoms with Crippen LogP contribution in [0.2, 0.25) is 0 Å². The fourth-order valence-corrected chi connectivity index (χ4v) is 4.12. The third-order valence-corrected chi connectivity index (χ3v) is 5.44. The van der Waals surface area contributed by atoms with Gasteiger partial charge >= 0.3 is 11.9 Å². The molecule has 1 heterocycles. The molecule has 8 heteroatoms. The molecule has 152 valence electrons. The number of carboxylic acid groups (broad SMARTS) is 1. The predicted molar refractivity (Wildman–Crippen MR) is 94.8 cm³/mol. The molecule has 3 unspecified atom stereocenters. The first-order valence-electron chi connectivity index (χ1n) is 9.43. The van der Waals surface area contributed by atoms with Gasteiger partial charge in [0.05, 0.1) is 24.3 Å². The number of hydrogen-bond acceptors (Lipinski definition) is 4. The molecule has 6 nitrogen and oxygen atoms in total. The van der Waals surface area contributed by atoms with Crippen LogP contribution in [0.25, 0.3) is 0 Å². The molecule has 1 aromatic rings. The van der Waals surface area contributed by atoms with Gasteiger partial charge in [-0.25, -0.2) is 4.79 Å². The molecular formula is C19H28F2N2O4. The highest BCUT2D eigenvalue weighted by atomic mass is 19.3. The maximum Gasteiger partial charge on any atom is 0.339 e. The zero-order valence-corrected chi connectivity index (χ0v) is 16.3. The minimum absolute atomic E-state index is 0.133. The van der Waals surface area contributed by atoms with Crippen LogP contribution < -0.4 is 0 Å². The number of nitrogens with zero attached hydrogens (tertiary/aromatic N) is 2. The van der Waals surface area contributed by atoms with E-state index >= 15 is 0 Å². The number of rotatable bonds is 7. The molecule has 1 N–H and O–H groups in total. The number of halogens is 2. The van der Waals surface area contributed by atoms with Crippen molar-refractivity contribution in [3.8, 4) is 0 Å². The molecule has 0 bridgehead atoms. The van der Waals surface area contributed by atoms with E-state index in [-0.39, 0.29) is 18.3 Å². The van der Waals surface area contributed by atoms with E-state index in [4.69, 9.17) is 4.74 Å². The minimum Gasteiger partial charge on any atom is -0.478 e. The average molecular weight is 386 g/mol. The van der Waals surface area contributed by atoms with E-state index in [0.717, 1.165) is 6.20 Å². The minimum atomic E-state index is -3.28. The molecule has 1 aliphatic carbocycles. The lowest BCUT2D eigenvalue weighted by Crippen LogP contribution is -2.40. The summed E-state index contributed by atoms with van der Waals surface area (Å²) >= 11 is 0. The van der Waals surface area contributed by atoms with Crippen molar-refractivity contribution in [1.82, 2.24) is 9.78 Å². The molecule has 1 aliphatic rings. The Morgan fingerprint density at radius 3 is 2.63 bits per heavy atom. The van der Waals surface area contributed by atoms with Gasteiger partial charge in [-0.1, -0.05) is 20.3 Å². The van der Waals surface area contributed by atoms with Crippen LogP contribution in [0.5, 0.6) is 0 Å². The second-order valence-electron chi connectivity index (χ2n) is 7.68. The lowest BCUT2D eigenvalue weighted by molar-refractivity contribution is -0.158. The van der Waals surface area contributed by atoms with E-state index in [0.29, 0.717) is 25.9 Å². The Bertz CT molecular complexity index is 704. The lowest BCUT2D eigenvalue weighted by Gasteiger charge is -2.40. The second kappa shape index (κ2) is 7.94. The van der Waals surface area contributed by atoms with Crippen LogP contribution in [0.4, 0.5) is 8.78 Å². The molecule has 0 saturated heterocycles. The zero-order valence-electron chi connectivity index (χ0n) is 16.3. The number of ether oxygens (including phenoxy) is 1. The van der Waals surface area contributed by atoms with Crippen molar-refractivity contribution in [3.05, 3.63) is 17.5 Å². The van der Waals surface area contributed by atoms with Crippen molar-refractivity contribution in [1.29, 1.82) is 0 Å². The molecule has 2 rings (SSSR count). The number of esters is 1. The standard InChI is InChI=1S/C19H28F2N2O4/c1-5-8-19(20,21)15-13(16(24)25)11-22-23(15)14-7-9-18(4,10-12(14)3)17(26)27-6-2/h11-12,14H,5-10H2,1-4H3,(H,24,25). The van der Waals surface area contributed by atoms with Gasteiger partial charge in [-0.05, 0) is 39.0 Å². The van der Waals surface area contributed by atoms with Crippen LogP contribution in [-0.4, -0.2) is 33.4 Å². The Morgan fingerprint density at radius 2 is 2.11 bits per heavy atom. The fourth-order valence-electron chi connectivity index (χ4n) is 4.12. The van der Waals surface area contributed by atoms with Gasteiger partial charge in [0.25, 0.3) is 5.92 Å². The first-order valence-corrected chi connectivity index (χ1v) is 9.43. The maximum atomic E-state index is 14.7. The van der Waals surface area contributed by atoms with Gasteiger partial charge in [0.1, 0.15) is 11.3 Å². The summed E-state index contributed by atoms with van der Waals surface area (Å²) in [5.74, 6) is -5.10. The van der Waals surface area contributed by atoms with Gasteiger partial charge in [0, 0.05) is 6.42 Å². The van der Waals surface area contributed by atoms with Crippen molar-refractivity contribution in [2.45, 2.75) is 71.8 Å². The van der Waals surface area contributed by atoms with E-state index in [1.807, 2.05) is 13.8 Å². The predicted octanol–water partition coefficient (Wildman–Crippen LogP) is 4.40. The van der Waals surface area contributed by atoms with Gasteiger partial charge < -0.3 is 9.84 Å². The Morgan fingerprint density at radius 1 is 1.44 bits per heavy atom. The molecule has 0 spiro atoms. The van der Waals surface area contributed by atoms with Crippen molar-refractivity contribution in [3.63, 3.8) is 0 Å². The van der Waals surface area contributed by atoms with Crippen LogP contribution in [0.3, 0.4) is 0 Å². The van der Waals surface area contributed by atoms with Crippen molar-refractivity contribution < 1.29 is 28.2 Å². The third kappa shape index (κ3) is 4.14. The van der Waals surface area contributed by atoms with Crippen LogP contribution in [0.1, 0.15) is 81.9 Å². The van der Waals surface area contributed by atoms with Crippen LogP contribution in [0, 0.1) is 11.3 Å². The number of aromatic carboxylic acids is 1. The molecule has 0 aliphatic heterocycles. The second-order valence-corrected chi connectivity index (χ2v) is 7.68. The summed E-state index contributed by atoms with van der Waals surface area (Å²) in [7, 11) is 0. The van der Waals surface area contributed by atoms with E-state index in [1.54, 1.807) is 13.8 Å². The molecule has 0 amide bonds. The average Bonchev–Trinajstić information content (AvgIpc) is 3.01. The first kappa shape index (κ1) is 21.3. The van der Waals surface area contributed by atoms with Crippen molar-refractivity contribution >= 4 is 11.9 Å². The normalized spacial score (nSPS) is 26.0. The van der Waals surface area contributed by atoms with Gasteiger partial charge in [-0.2, -0.15) is 13.9 Å². The number of alkyl halides is 2.